The van der Waals surface area contributed by atoms with E-state index in [2.05, 4.69) is 41.1 Å². The van der Waals surface area contributed by atoms with Gasteiger partial charge in [0.15, 0.2) is 11.5 Å². The van der Waals surface area contributed by atoms with Gasteiger partial charge in [0, 0.05) is 28.6 Å². The van der Waals surface area contributed by atoms with E-state index in [0.29, 0.717) is 12.3 Å². The zero-order chi connectivity index (χ0) is 25.9. The average Bonchev–Trinajstić information content (AvgIpc) is 3.18. The van der Waals surface area contributed by atoms with Gasteiger partial charge in [-0.2, -0.15) is 0 Å². The zero-order valence-corrected chi connectivity index (χ0v) is 22.6. The summed E-state index contributed by atoms with van der Waals surface area (Å²) in [6.45, 7) is 11.0. The van der Waals surface area contributed by atoms with Crippen LogP contribution >= 0.6 is 0 Å². The van der Waals surface area contributed by atoms with Gasteiger partial charge in [-0.25, -0.2) is 0 Å². The first-order valence-electron chi connectivity index (χ1n) is 13.0. The normalized spacial score (nSPS) is 15.3. The molecule has 1 N–H and O–H groups in total. The van der Waals surface area contributed by atoms with Crippen molar-refractivity contribution in [3.05, 3.63) is 47.5 Å². The van der Waals surface area contributed by atoms with Crippen molar-refractivity contribution in [2.45, 2.75) is 64.9 Å². The highest BCUT2D eigenvalue weighted by atomic mass is 16.6. The lowest BCUT2D eigenvalue weighted by atomic mass is 9.88. The highest BCUT2D eigenvalue weighted by Gasteiger charge is 2.22. The number of carbonyl (C=O) groups excluding carboxylic acids is 1. The molecule has 0 bridgehead atoms. The van der Waals surface area contributed by atoms with Crippen molar-refractivity contribution in [3.63, 3.8) is 0 Å². The van der Waals surface area contributed by atoms with E-state index >= 15 is 0 Å². The number of aryl methyl sites for hydroxylation is 1. The fourth-order valence-corrected chi connectivity index (χ4v) is 5.21. The molecule has 1 aliphatic heterocycles. The van der Waals surface area contributed by atoms with E-state index in [1.807, 2.05) is 32.9 Å². The number of likely N-dealkylation sites (tertiary alicyclic amines) is 1. The second kappa shape index (κ2) is 11.0. The summed E-state index contributed by atoms with van der Waals surface area (Å²) in [5, 5.41) is 1.28. The van der Waals surface area contributed by atoms with Crippen molar-refractivity contribution in [1.82, 2.24) is 9.88 Å². The maximum Gasteiger partial charge on any atom is 0.306 e. The third-order valence-electron chi connectivity index (χ3n) is 7.09. The minimum absolute atomic E-state index is 0.0972. The summed E-state index contributed by atoms with van der Waals surface area (Å²) in [5.74, 6) is 1.93. The lowest BCUT2D eigenvalue weighted by Gasteiger charge is -2.32. The third kappa shape index (κ3) is 6.04. The molecule has 2 aromatic carbocycles. The van der Waals surface area contributed by atoms with Crippen LogP contribution in [-0.4, -0.2) is 55.3 Å². The molecular formula is C30H40N2O4. The molecule has 1 saturated heterocycles. The molecule has 0 atom stereocenters. The number of esters is 1. The molecule has 6 heteroatoms. The number of piperidine rings is 1. The molecule has 0 spiro atoms. The van der Waals surface area contributed by atoms with Crippen LogP contribution in [0.5, 0.6) is 11.5 Å². The first-order valence-corrected chi connectivity index (χ1v) is 13.0. The number of fused-ring (bicyclic) bond motifs is 1. The Balaban J connectivity index is 1.39. The lowest BCUT2D eigenvalue weighted by Crippen LogP contribution is -2.34. The second-order valence-corrected chi connectivity index (χ2v) is 10.8. The van der Waals surface area contributed by atoms with Crippen molar-refractivity contribution in [1.29, 1.82) is 0 Å². The summed E-state index contributed by atoms with van der Waals surface area (Å²) in [6.07, 6.45) is 3.63. The van der Waals surface area contributed by atoms with Gasteiger partial charge in [0.2, 0.25) is 0 Å². The summed E-state index contributed by atoms with van der Waals surface area (Å²) < 4.78 is 16.3. The van der Waals surface area contributed by atoms with Gasteiger partial charge in [0.25, 0.3) is 0 Å². The molecule has 1 aliphatic rings. The number of aromatic nitrogens is 1. The largest absolute Gasteiger partial charge is 0.493 e. The van der Waals surface area contributed by atoms with E-state index in [1.54, 1.807) is 14.2 Å². The molecule has 3 aromatic rings. The molecule has 0 radical (unpaired) electrons. The van der Waals surface area contributed by atoms with Crippen LogP contribution in [0.15, 0.2) is 36.4 Å². The van der Waals surface area contributed by atoms with E-state index in [1.165, 1.54) is 16.5 Å². The van der Waals surface area contributed by atoms with Gasteiger partial charge in [-0.1, -0.05) is 6.07 Å². The van der Waals surface area contributed by atoms with E-state index in [0.717, 1.165) is 67.2 Å². The lowest BCUT2D eigenvalue weighted by molar-refractivity contribution is -0.155. The monoisotopic (exact) mass is 492 g/mol. The minimum Gasteiger partial charge on any atom is -0.493 e. The van der Waals surface area contributed by atoms with Gasteiger partial charge < -0.3 is 24.1 Å². The van der Waals surface area contributed by atoms with Crippen molar-refractivity contribution < 1.29 is 19.0 Å². The Morgan fingerprint density at radius 1 is 1.03 bits per heavy atom. The van der Waals surface area contributed by atoms with Crippen LogP contribution in [0, 0.1) is 6.92 Å². The molecule has 2 heterocycles. The van der Waals surface area contributed by atoms with Gasteiger partial charge >= 0.3 is 5.97 Å². The topological polar surface area (TPSA) is 63.8 Å². The Morgan fingerprint density at radius 3 is 2.42 bits per heavy atom. The van der Waals surface area contributed by atoms with Gasteiger partial charge in [0.05, 0.1) is 14.2 Å². The number of ether oxygens (including phenoxy) is 3. The Morgan fingerprint density at radius 2 is 1.75 bits per heavy atom. The van der Waals surface area contributed by atoms with Crippen molar-refractivity contribution >= 4 is 16.9 Å². The quantitative estimate of drug-likeness (QED) is 0.366. The van der Waals surface area contributed by atoms with Crippen LogP contribution < -0.4 is 9.47 Å². The molecule has 4 rings (SSSR count). The number of hydrogen-bond acceptors (Lipinski definition) is 5. The first kappa shape index (κ1) is 26.1. The molecule has 1 aromatic heterocycles. The highest BCUT2D eigenvalue weighted by molar-refractivity contribution is 5.91. The Kier molecular flexibility index (Phi) is 7.94. The van der Waals surface area contributed by atoms with Crippen molar-refractivity contribution in [3.8, 4) is 22.8 Å². The summed E-state index contributed by atoms with van der Waals surface area (Å²) in [4.78, 5) is 18.1. The molecule has 6 nitrogen and oxygen atoms in total. The second-order valence-electron chi connectivity index (χ2n) is 10.8. The predicted molar refractivity (Wildman–Crippen MR) is 145 cm³/mol. The van der Waals surface area contributed by atoms with Crippen molar-refractivity contribution in [2.75, 3.05) is 33.9 Å². The number of benzene rings is 2. The number of carbonyl (C=O) groups is 1. The fourth-order valence-electron chi connectivity index (χ4n) is 5.21. The van der Waals surface area contributed by atoms with Crippen LogP contribution in [0.2, 0.25) is 0 Å². The van der Waals surface area contributed by atoms with E-state index in [-0.39, 0.29) is 5.97 Å². The van der Waals surface area contributed by atoms with Crippen molar-refractivity contribution in [2.24, 2.45) is 0 Å². The maximum atomic E-state index is 12.0. The van der Waals surface area contributed by atoms with E-state index in [4.69, 9.17) is 14.2 Å². The molecule has 194 valence electrons. The SMILES string of the molecule is COc1ccc(-c2[nH]c3ccc(C4CCN(CCCC(=O)OC(C)(C)C)CC4)cc3c2C)cc1OC. The van der Waals surface area contributed by atoms with E-state index < -0.39 is 5.60 Å². The number of H-pyrrole nitrogens is 1. The number of methoxy groups -OCH3 is 2. The molecule has 0 amide bonds. The molecular weight excluding hydrogens is 452 g/mol. The fraction of sp³-hybridized carbons (Fsp3) is 0.500. The standard InChI is InChI=1S/C30H40N2O4/c1-20-24-18-22(21-13-16-32(17-14-21)15-7-8-28(33)36-30(2,3)4)9-11-25(24)31-29(20)23-10-12-26(34-5)27(19-23)35-6/h9-12,18-19,21,31H,7-8,13-17H2,1-6H3. The Bertz CT molecular complexity index is 1200. The number of rotatable bonds is 8. The summed E-state index contributed by atoms with van der Waals surface area (Å²) in [5.41, 5.74) is 5.61. The summed E-state index contributed by atoms with van der Waals surface area (Å²) >= 11 is 0. The Hall–Kier alpha value is -2.99. The van der Waals surface area contributed by atoms with Crippen LogP contribution in [0.4, 0.5) is 0 Å². The predicted octanol–water partition coefficient (Wildman–Crippen LogP) is 6.46. The average molecular weight is 493 g/mol. The smallest absolute Gasteiger partial charge is 0.306 e. The van der Waals surface area contributed by atoms with E-state index in [9.17, 15) is 4.79 Å². The van der Waals surface area contributed by atoms with Crippen LogP contribution in [0.3, 0.4) is 0 Å². The van der Waals surface area contributed by atoms with Crippen LogP contribution in [-0.2, 0) is 9.53 Å². The van der Waals surface area contributed by atoms with Crippen LogP contribution in [0.25, 0.3) is 22.2 Å². The number of hydrogen-bond donors (Lipinski definition) is 1. The first-order chi connectivity index (χ1) is 17.2. The van der Waals surface area contributed by atoms with Gasteiger partial charge in [-0.05, 0) is 114 Å². The third-order valence-corrected chi connectivity index (χ3v) is 7.09. The highest BCUT2D eigenvalue weighted by Crippen LogP contribution is 2.37. The number of aromatic amines is 1. The molecule has 1 fully saturated rings. The van der Waals surface area contributed by atoms with Gasteiger partial charge in [-0.3, -0.25) is 4.79 Å². The Labute approximate surface area is 214 Å². The van der Waals surface area contributed by atoms with Gasteiger partial charge in [-0.15, -0.1) is 0 Å². The summed E-state index contributed by atoms with van der Waals surface area (Å²) in [6, 6.07) is 12.9. The molecule has 0 saturated carbocycles. The van der Waals surface area contributed by atoms with Crippen LogP contribution in [0.1, 0.15) is 63.5 Å². The molecule has 0 unspecified atom stereocenters. The number of nitrogens with one attached hydrogen (secondary N) is 1. The summed E-state index contributed by atoms with van der Waals surface area (Å²) in [7, 11) is 3.32. The van der Waals surface area contributed by atoms with Gasteiger partial charge in [0.1, 0.15) is 5.60 Å². The minimum atomic E-state index is -0.406. The zero-order valence-electron chi connectivity index (χ0n) is 22.6. The molecule has 36 heavy (non-hydrogen) atoms. The maximum absolute atomic E-state index is 12.0. The number of nitrogens with zero attached hydrogens (tertiary/aromatic N) is 1. The molecule has 0 aliphatic carbocycles.